The van der Waals surface area contributed by atoms with Crippen molar-refractivity contribution >= 4 is 33.4 Å². The number of benzene rings is 2. The summed E-state index contributed by atoms with van der Waals surface area (Å²) in [7, 11) is -3.53. The molecule has 0 saturated heterocycles. The molecule has 2 aromatic rings. The molecule has 0 aliphatic heterocycles. The highest BCUT2D eigenvalue weighted by Gasteiger charge is 2.17. The smallest absolute Gasteiger partial charge is 0.206 e. The predicted octanol–water partition coefficient (Wildman–Crippen LogP) is 5.02. The number of ether oxygens (including phenoxy) is 2. The van der Waals surface area contributed by atoms with Crippen LogP contribution in [-0.2, 0) is 19.3 Å². The van der Waals surface area contributed by atoms with Gasteiger partial charge in [-0.1, -0.05) is 13.2 Å². The van der Waals surface area contributed by atoms with Gasteiger partial charge >= 0.3 is 0 Å². The lowest BCUT2D eigenvalue weighted by Gasteiger charge is -2.07. The molecule has 7 heteroatoms. The van der Waals surface area contributed by atoms with Crippen LogP contribution in [0.5, 0.6) is 0 Å². The van der Waals surface area contributed by atoms with Crippen LogP contribution >= 0.6 is 23.5 Å². The molecule has 0 radical (unpaired) electrons. The van der Waals surface area contributed by atoms with E-state index in [0.717, 1.165) is 21.3 Å². The Kier molecular flexibility index (Phi) is 8.84. The van der Waals surface area contributed by atoms with Crippen molar-refractivity contribution < 1.29 is 17.9 Å². The minimum absolute atomic E-state index is 0.286. The highest BCUT2D eigenvalue weighted by atomic mass is 32.2. The third-order valence-electron chi connectivity index (χ3n) is 3.44. The molecular weight excluding hydrogens is 400 g/mol. The molecule has 0 aromatic heterocycles. The monoisotopic (exact) mass is 422 g/mol. The molecule has 144 valence electrons. The van der Waals surface area contributed by atoms with E-state index in [9.17, 15) is 8.42 Å². The Morgan fingerprint density at radius 2 is 1.11 bits per heavy atom. The molecule has 0 atom stereocenters. The fraction of sp³-hybridized carbons (Fsp3) is 0.200. The zero-order valence-electron chi connectivity index (χ0n) is 14.9. The Hall–Kier alpha value is -1.83. The van der Waals surface area contributed by atoms with Gasteiger partial charge in [-0.2, -0.15) is 0 Å². The average Bonchev–Trinajstić information content (AvgIpc) is 2.69. The lowest BCUT2D eigenvalue weighted by molar-refractivity contribution is 0.274. The summed E-state index contributed by atoms with van der Waals surface area (Å²) in [6.07, 6.45) is 2.82. The van der Waals surface area contributed by atoms with Gasteiger partial charge in [-0.25, -0.2) is 8.42 Å². The summed E-state index contributed by atoms with van der Waals surface area (Å²) < 4.78 is 35.7. The Balaban J connectivity index is 2.00. The Morgan fingerprint density at radius 1 is 0.741 bits per heavy atom. The normalized spacial score (nSPS) is 11.0. The van der Waals surface area contributed by atoms with Crippen LogP contribution in [0.15, 0.2) is 93.8 Å². The van der Waals surface area contributed by atoms with Crippen molar-refractivity contribution in [1.82, 2.24) is 0 Å². The Morgan fingerprint density at radius 3 is 1.44 bits per heavy atom. The maximum atomic E-state index is 12.8. The predicted molar refractivity (Wildman–Crippen MR) is 112 cm³/mol. The topological polar surface area (TPSA) is 52.6 Å². The number of rotatable bonds is 12. The van der Waals surface area contributed by atoms with E-state index in [1.807, 2.05) is 24.3 Å². The third-order valence-corrected chi connectivity index (χ3v) is 7.18. The summed E-state index contributed by atoms with van der Waals surface area (Å²) in [5, 5.41) is 0. The molecule has 0 amide bonds. The SMILES string of the molecule is C=COCCSc1ccc(S(=O)(=O)c2ccc(SCCOC=C)cc2)cc1. The van der Waals surface area contributed by atoms with Crippen LogP contribution in [0, 0.1) is 0 Å². The lowest BCUT2D eigenvalue weighted by atomic mass is 10.4. The molecule has 0 aliphatic carbocycles. The highest BCUT2D eigenvalue weighted by Crippen LogP contribution is 2.26. The lowest BCUT2D eigenvalue weighted by Crippen LogP contribution is -2.02. The summed E-state index contributed by atoms with van der Waals surface area (Å²) in [6, 6.07) is 13.8. The van der Waals surface area contributed by atoms with E-state index < -0.39 is 9.84 Å². The Labute approximate surface area is 169 Å². The summed E-state index contributed by atoms with van der Waals surface area (Å²) in [5.41, 5.74) is 0. The van der Waals surface area contributed by atoms with Crippen molar-refractivity contribution in [2.24, 2.45) is 0 Å². The van der Waals surface area contributed by atoms with Gasteiger partial charge in [0.15, 0.2) is 0 Å². The van der Waals surface area contributed by atoms with E-state index >= 15 is 0 Å². The molecule has 0 fully saturated rings. The van der Waals surface area contributed by atoms with Crippen molar-refractivity contribution in [3.8, 4) is 0 Å². The first-order chi connectivity index (χ1) is 13.1. The first kappa shape index (κ1) is 21.5. The van der Waals surface area contributed by atoms with Gasteiger partial charge in [0.1, 0.15) is 0 Å². The summed E-state index contributed by atoms with van der Waals surface area (Å²) in [5.74, 6) is 1.55. The summed E-state index contributed by atoms with van der Waals surface area (Å²) in [6.45, 7) is 8.12. The van der Waals surface area contributed by atoms with E-state index in [-0.39, 0.29) is 9.79 Å². The largest absolute Gasteiger partial charge is 0.501 e. The number of sulfone groups is 1. The number of thioether (sulfide) groups is 2. The molecule has 0 spiro atoms. The van der Waals surface area contributed by atoms with Crippen molar-refractivity contribution in [1.29, 1.82) is 0 Å². The highest BCUT2D eigenvalue weighted by molar-refractivity contribution is 7.99. The maximum Gasteiger partial charge on any atom is 0.206 e. The van der Waals surface area contributed by atoms with Gasteiger partial charge in [-0.05, 0) is 48.5 Å². The van der Waals surface area contributed by atoms with Gasteiger partial charge in [-0.3, -0.25) is 0 Å². The van der Waals surface area contributed by atoms with Crippen molar-refractivity contribution in [3.05, 3.63) is 74.2 Å². The van der Waals surface area contributed by atoms with Crippen LogP contribution in [0.4, 0.5) is 0 Å². The molecule has 0 unspecified atom stereocenters. The van der Waals surface area contributed by atoms with Gasteiger partial charge in [0, 0.05) is 21.3 Å². The van der Waals surface area contributed by atoms with Gasteiger partial charge in [-0.15, -0.1) is 23.5 Å². The molecule has 4 nitrogen and oxygen atoms in total. The van der Waals surface area contributed by atoms with Gasteiger partial charge in [0.05, 0.1) is 35.5 Å². The molecule has 2 aromatic carbocycles. The second-order valence-electron chi connectivity index (χ2n) is 5.22. The van der Waals surface area contributed by atoms with Crippen LogP contribution in [-0.4, -0.2) is 33.1 Å². The number of hydrogen-bond acceptors (Lipinski definition) is 6. The Bertz CT molecular complexity index is 763. The fourth-order valence-corrected chi connectivity index (χ4v) is 4.90. The van der Waals surface area contributed by atoms with E-state index in [0.29, 0.717) is 13.2 Å². The molecule has 0 heterocycles. The zero-order valence-corrected chi connectivity index (χ0v) is 17.3. The molecule has 0 N–H and O–H groups in total. The quantitative estimate of drug-likeness (QED) is 0.272. The van der Waals surface area contributed by atoms with Gasteiger partial charge in [0.2, 0.25) is 9.84 Å². The molecule has 0 aliphatic rings. The van der Waals surface area contributed by atoms with E-state index in [2.05, 4.69) is 13.2 Å². The number of hydrogen-bond donors (Lipinski definition) is 0. The van der Waals surface area contributed by atoms with Crippen LogP contribution in [0.1, 0.15) is 0 Å². The first-order valence-corrected chi connectivity index (χ1v) is 11.7. The van der Waals surface area contributed by atoms with Crippen LogP contribution in [0.2, 0.25) is 0 Å². The average molecular weight is 423 g/mol. The molecule has 0 bridgehead atoms. The third kappa shape index (κ3) is 6.68. The fourth-order valence-electron chi connectivity index (χ4n) is 2.15. The summed E-state index contributed by atoms with van der Waals surface area (Å²) >= 11 is 3.20. The van der Waals surface area contributed by atoms with Crippen LogP contribution in [0.25, 0.3) is 0 Å². The standard InChI is InChI=1S/C20H22O4S3/c1-3-23-13-15-25-17-5-9-19(10-6-17)27(21,22)20-11-7-18(8-12-20)26-16-14-24-4-2/h3-12H,1-2,13-16H2. The molecular formula is C20H22O4S3. The van der Waals surface area contributed by atoms with Crippen molar-refractivity contribution in [3.63, 3.8) is 0 Å². The van der Waals surface area contributed by atoms with Crippen molar-refractivity contribution in [2.75, 3.05) is 24.7 Å². The van der Waals surface area contributed by atoms with Crippen LogP contribution < -0.4 is 0 Å². The minimum Gasteiger partial charge on any atom is -0.501 e. The van der Waals surface area contributed by atoms with E-state index in [1.165, 1.54) is 12.5 Å². The first-order valence-electron chi connectivity index (χ1n) is 8.24. The van der Waals surface area contributed by atoms with Gasteiger partial charge < -0.3 is 9.47 Å². The van der Waals surface area contributed by atoms with Crippen LogP contribution in [0.3, 0.4) is 0 Å². The van der Waals surface area contributed by atoms with Crippen molar-refractivity contribution in [2.45, 2.75) is 19.6 Å². The van der Waals surface area contributed by atoms with E-state index in [1.54, 1.807) is 47.8 Å². The molecule has 27 heavy (non-hydrogen) atoms. The second kappa shape index (κ2) is 11.1. The zero-order chi connectivity index (χ0) is 19.5. The molecule has 0 saturated carbocycles. The van der Waals surface area contributed by atoms with E-state index in [4.69, 9.17) is 9.47 Å². The van der Waals surface area contributed by atoms with Gasteiger partial charge in [0.25, 0.3) is 0 Å². The maximum absolute atomic E-state index is 12.8. The second-order valence-corrected chi connectivity index (χ2v) is 9.50. The summed E-state index contributed by atoms with van der Waals surface area (Å²) in [4.78, 5) is 2.56. The minimum atomic E-state index is -3.53. The molecule has 2 rings (SSSR count).